The Balaban J connectivity index is 2.27. The predicted molar refractivity (Wildman–Crippen MR) is 74.3 cm³/mol. The van der Waals surface area contributed by atoms with Gasteiger partial charge in [0, 0.05) is 0 Å². The van der Waals surface area contributed by atoms with E-state index in [4.69, 9.17) is 5.11 Å². The molecule has 0 radical (unpaired) electrons. The molecule has 0 atom stereocenters. The summed E-state index contributed by atoms with van der Waals surface area (Å²) < 4.78 is 24.6. The minimum absolute atomic E-state index is 0.0532. The topological polar surface area (TPSA) is 121 Å². The van der Waals surface area contributed by atoms with E-state index in [1.165, 1.54) is 24.3 Å². The number of carbonyl (C=O) groups is 3. The fraction of sp³-hybridized carbons (Fsp3) is 0.0714. The predicted octanol–water partition coefficient (Wildman–Crippen LogP) is 1.07. The third-order valence-corrected chi connectivity index (χ3v) is 4.57. The van der Waals surface area contributed by atoms with E-state index in [-0.39, 0.29) is 15.6 Å². The van der Waals surface area contributed by atoms with Crippen molar-refractivity contribution in [3.05, 3.63) is 48.2 Å². The lowest BCUT2D eigenvalue weighted by Gasteiger charge is -2.01. The molecule has 0 aliphatic rings. The Bertz CT molecular complexity index is 835. The Morgan fingerprint density at radius 2 is 1.64 bits per heavy atom. The second kappa shape index (κ2) is 5.94. The Morgan fingerprint density at radius 3 is 2.23 bits per heavy atom. The van der Waals surface area contributed by atoms with Crippen molar-refractivity contribution in [1.82, 2.24) is 4.98 Å². The van der Waals surface area contributed by atoms with Gasteiger partial charge in [0.25, 0.3) is 0 Å². The van der Waals surface area contributed by atoms with Crippen molar-refractivity contribution in [3.63, 3.8) is 0 Å². The highest BCUT2D eigenvalue weighted by Crippen LogP contribution is 2.20. The summed E-state index contributed by atoms with van der Waals surface area (Å²) in [6.07, 6.45) is -0.833. The number of ketones is 2. The van der Waals surface area contributed by atoms with Crippen molar-refractivity contribution in [2.45, 2.75) is 16.3 Å². The fourth-order valence-electron chi connectivity index (χ4n) is 1.74. The van der Waals surface area contributed by atoms with Gasteiger partial charge in [0.15, 0.2) is 5.78 Å². The number of Topliss-reactive ketones (excluding diaryl/α,β-unsaturated/α-hetero) is 2. The monoisotopic (exact) mass is 321 g/mol. The summed E-state index contributed by atoms with van der Waals surface area (Å²) in [7, 11) is -3.81. The number of sulfone groups is 1. The van der Waals surface area contributed by atoms with Gasteiger partial charge >= 0.3 is 5.97 Å². The van der Waals surface area contributed by atoms with Crippen LogP contribution in [-0.2, 0) is 19.4 Å². The van der Waals surface area contributed by atoms with Gasteiger partial charge in [-0.25, -0.2) is 13.2 Å². The first kappa shape index (κ1) is 15.6. The molecule has 114 valence electrons. The number of H-pyrrole nitrogens is 1. The number of hydrogen-bond donors (Lipinski definition) is 2. The number of rotatable bonds is 6. The first-order chi connectivity index (χ1) is 10.3. The number of carboxylic acids is 1. The van der Waals surface area contributed by atoms with E-state index in [0.717, 1.165) is 0 Å². The van der Waals surface area contributed by atoms with Gasteiger partial charge in [-0.2, -0.15) is 0 Å². The first-order valence-electron chi connectivity index (χ1n) is 6.11. The van der Waals surface area contributed by atoms with Crippen LogP contribution in [0.3, 0.4) is 0 Å². The van der Waals surface area contributed by atoms with Crippen LogP contribution in [0.4, 0.5) is 0 Å². The smallest absolute Gasteiger partial charge is 0.372 e. The maximum Gasteiger partial charge on any atom is 0.372 e. The van der Waals surface area contributed by atoms with Gasteiger partial charge in [0.2, 0.25) is 15.6 Å². The summed E-state index contributed by atoms with van der Waals surface area (Å²) in [5.41, 5.74) is -0.135. The summed E-state index contributed by atoms with van der Waals surface area (Å²) in [6, 6.07) is 10.0. The number of carboxylic acid groups (broad SMARTS) is 1. The maximum absolute atomic E-state index is 12.3. The van der Waals surface area contributed by atoms with Crippen LogP contribution in [0.15, 0.2) is 52.4 Å². The van der Waals surface area contributed by atoms with E-state index >= 15 is 0 Å². The molecule has 0 amide bonds. The normalized spacial score (nSPS) is 11.1. The van der Waals surface area contributed by atoms with E-state index in [0.29, 0.717) is 0 Å². The second-order valence-electron chi connectivity index (χ2n) is 4.38. The number of aromatic nitrogens is 1. The Labute approximate surface area is 125 Å². The van der Waals surface area contributed by atoms with Crippen molar-refractivity contribution in [1.29, 1.82) is 0 Å². The third-order valence-electron chi connectivity index (χ3n) is 2.86. The van der Waals surface area contributed by atoms with Crippen LogP contribution in [-0.4, -0.2) is 36.0 Å². The summed E-state index contributed by atoms with van der Waals surface area (Å²) in [6.45, 7) is 0. The highest BCUT2D eigenvalue weighted by molar-refractivity contribution is 7.91. The molecule has 0 spiro atoms. The molecule has 1 heterocycles. The third kappa shape index (κ3) is 3.12. The quantitative estimate of drug-likeness (QED) is 0.466. The van der Waals surface area contributed by atoms with E-state index < -0.39 is 33.8 Å². The van der Waals surface area contributed by atoms with Crippen LogP contribution in [0.25, 0.3) is 0 Å². The van der Waals surface area contributed by atoms with Gasteiger partial charge in [0.05, 0.1) is 17.0 Å². The molecule has 0 aliphatic carbocycles. The Morgan fingerprint density at radius 1 is 1.00 bits per heavy atom. The molecule has 1 aromatic heterocycles. The zero-order valence-corrected chi connectivity index (χ0v) is 12.0. The number of aromatic amines is 1. The molecule has 22 heavy (non-hydrogen) atoms. The van der Waals surface area contributed by atoms with Gasteiger partial charge in [-0.05, 0) is 24.3 Å². The molecule has 0 fully saturated rings. The molecule has 7 nitrogen and oxygen atoms in total. The van der Waals surface area contributed by atoms with Gasteiger partial charge in [-0.3, -0.25) is 9.59 Å². The number of hydrogen-bond acceptors (Lipinski definition) is 5. The lowest BCUT2D eigenvalue weighted by atomic mass is 10.1. The highest BCUT2D eigenvalue weighted by atomic mass is 32.2. The van der Waals surface area contributed by atoms with Crippen molar-refractivity contribution < 1.29 is 27.9 Å². The number of benzene rings is 1. The van der Waals surface area contributed by atoms with Gasteiger partial charge in [-0.15, -0.1) is 0 Å². The van der Waals surface area contributed by atoms with Crippen molar-refractivity contribution in [3.8, 4) is 0 Å². The van der Waals surface area contributed by atoms with Gasteiger partial charge in [0.1, 0.15) is 5.03 Å². The SMILES string of the molecule is O=C(O)C(=O)CC(=O)c1ccc(S(=O)(=O)c2ccccc2)[nH]1. The molecule has 2 rings (SSSR count). The van der Waals surface area contributed by atoms with Crippen LogP contribution in [0.1, 0.15) is 16.9 Å². The lowest BCUT2D eigenvalue weighted by molar-refractivity contribution is -0.148. The van der Waals surface area contributed by atoms with Crippen LogP contribution < -0.4 is 0 Å². The largest absolute Gasteiger partial charge is 0.475 e. The minimum Gasteiger partial charge on any atom is -0.475 e. The number of aliphatic carboxylic acids is 1. The minimum atomic E-state index is -3.81. The summed E-state index contributed by atoms with van der Waals surface area (Å²) in [5, 5.41) is 8.25. The van der Waals surface area contributed by atoms with Crippen LogP contribution >= 0.6 is 0 Å². The lowest BCUT2D eigenvalue weighted by Crippen LogP contribution is -2.17. The Kier molecular flexibility index (Phi) is 4.22. The summed E-state index contributed by atoms with van der Waals surface area (Å²) in [5.74, 6) is -3.76. The maximum atomic E-state index is 12.3. The van der Waals surface area contributed by atoms with E-state index in [1.54, 1.807) is 18.2 Å². The van der Waals surface area contributed by atoms with E-state index in [9.17, 15) is 22.8 Å². The highest BCUT2D eigenvalue weighted by Gasteiger charge is 2.23. The molecule has 0 aliphatic heterocycles. The molecule has 2 N–H and O–H groups in total. The van der Waals surface area contributed by atoms with Crippen molar-refractivity contribution >= 4 is 27.4 Å². The first-order valence-corrected chi connectivity index (χ1v) is 7.59. The number of carbonyl (C=O) groups excluding carboxylic acids is 2. The van der Waals surface area contributed by atoms with Gasteiger partial charge < -0.3 is 10.1 Å². The molecule has 1 aromatic carbocycles. The summed E-state index contributed by atoms with van der Waals surface area (Å²) >= 11 is 0. The standard InChI is InChI=1S/C14H11NO6S/c16-11(8-12(17)14(18)19)10-6-7-13(15-10)22(20,21)9-4-2-1-3-5-9/h1-7,15H,8H2,(H,18,19). The molecule has 8 heteroatoms. The molecular formula is C14H11NO6S. The molecule has 2 aromatic rings. The van der Waals surface area contributed by atoms with Crippen LogP contribution in [0.5, 0.6) is 0 Å². The van der Waals surface area contributed by atoms with Crippen molar-refractivity contribution in [2.75, 3.05) is 0 Å². The van der Waals surface area contributed by atoms with Crippen LogP contribution in [0.2, 0.25) is 0 Å². The zero-order valence-electron chi connectivity index (χ0n) is 11.1. The Hall–Kier alpha value is -2.74. The molecule has 0 unspecified atom stereocenters. The van der Waals surface area contributed by atoms with Crippen molar-refractivity contribution in [2.24, 2.45) is 0 Å². The average molecular weight is 321 g/mol. The van der Waals surface area contributed by atoms with E-state index in [1.807, 2.05) is 0 Å². The second-order valence-corrected chi connectivity index (χ2v) is 6.30. The molecule has 0 bridgehead atoms. The molecular weight excluding hydrogens is 310 g/mol. The molecule has 0 saturated carbocycles. The van der Waals surface area contributed by atoms with E-state index in [2.05, 4.69) is 4.98 Å². The molecule has 0 saturated heterocycles. The number of nitrogens with one attached hydrogen (secondary N) is 1. The average Bonchev–Trinajstić information content (AvgIpc) is 2.98. The van der Waals surface area contributed by atoms with Gasteiger partial charge in [-0.1, -0.05) is 18.2 Å². The summed E-state index contributed by atoms with van der Waals surface area (Å²) in [4.78, 5) is 35.6. The van der Waals surface area contributed by atoms with Crippen LogP contribution in [0, 0.1) is 0 Å². The fourth-order valence-corrected chi connectivity index (χ4v) is 3.00. The zero-order chi connectivity index (χ0) is 16.3.